The number of halogens is 1. The van der Waals surface area contributed by atoms with Crippen LogP contribution < -0.4 is 9.47 Å². The molecule has 0 N–H and O–H groups in total. The number of nitro groups is 1. The molecule has 26 heavy (non-hydrogen) atoms. The number of carbonyl (C=O) groups is 1. The second-order valence-corrected chi connectivity index (χ2v) is 5.91. The minimum atomic E-state index is -0.695. The van der Waals surface area contributed by atoms with Crippen molar-refractivity contribution >= 4 is 27.6 Å². The number of carbonyl (C=O) groups excluding carboxylic acids is 1. The standard InChI is InChI=1S/C18H11BrN2O5/c19-15-9-4-12(11-16(15)21(23)24)18(22)26-14-7-5-13(6-8-14)25-17-3-1-2-10-20-17/h1-11H. The third-order valence-electron chi connectivity index (χ3n) is 3.27. The Labute approximate surface area is 156 Å². The van der Waals surface area contributed by atoms with Crippen LogP contribution in [0.3, 0.4) is 0 Å². The zero-order valence-electron chi connectivity index (χ0n) is 13.2. The number of pyridine rings is 1. The molecule has 0 aliphatic carbocycles. The highest BCUT2D eigenvalue weighted by Gasteiger charge is 2.17. The summed E-state index contributed by atoms with van der Waals surface area (Å²) < 4.78 is 11.1. The molecule has 130 valence electrons. The smallest absolute Gasteiger partial charge is 0.343 e. The Morgan fingerprint density at radius 3 is 2.42 bits per heavy atom. The van der Waals surface area contributed by atoms with Gasteiger partial charge in [0, 0.05) is 18.3 Å². The lowest BCUT2D eigenvalue weighted by atomic mass is 10.2. The molecule has 0 radical (unpaired) electrons. The topological polar surface area (TPSA) is 91.6 Å². The van der Waals surface area contributed by atoms with Gasteiger partial charge in [-0.25, -0.2) is 9.78 Å². The number of hydrogen-bond acceptors (Lipinski definition) is 6. The molecule has 3 rings (SSSR count). The Morgan fingerprint density at radius 1 is 1.04 bits per heavy atom. The number of aromatic nitrogens is 1. The molecule has 0 amide bonds. The first-order valence-corrected chi connectivity index (χ1v) is 8.17. The SMILES string of the molecule is O=C(Oc1ccc(Oc2ccccn2)cc1)c1ccc(Br)c([N+](=O)[O-])c1. The summed E-state index contributed by atoms with van der Waals surface area (Å²) in [6.45, 7) is 0. The number of ether oxygens (including phenoxy) is 2. The molecule has 7 nitrogen and oxygen atoms in total. The summed E-state index contributed by atoms with van der Waals surface area (Å²) in [7, 11) is 0. The van der Waals surface area contributed by atoms with Gasteiger partial charge in [-0.1, -0.05) is 6.07 Å². The summed E-state index contributed by atoms with van der Waals surface area (Å²) in [5, 5.41) is 10.9. The van der Waals surface area contributed by atoms with E-state index in [4.69, 9.17) is 9.47 Å². The summed E-state index contributed by atoms with van der Waals surface area (Å²) in [4.78, 5) is 26.6. The molecule has 1 heterocycles. The van der Waals surface area contributed by atoms with E-state index in [0.717, 1.165) is 6.07 Å². The lowest BCUT2D eigenvalue weighted by molar-refractivity contribution is -0.385. The molecule has 0 spiro atoms. The molecular weight excluding hydrogens is 404 g/mol. The van der Waals surface area contributed by atoms with Gasteiger partial charge >= 0.3 is 5.97 Å². The molecule has 0 bridgehead atoms. The molecule has 0 saturated carbocycles. The van der Waals surface area contributed by atoms with Crippen LogP contribution in [0.1, 0.15) is 10.4 Å². The van der Waals surface area contributed by atoms with Gasteiger partial charge in [0.1, 0.15) is 11.5 Å². The molecule has 3 aromatic rings. The molecule has 1 aromatic heterocycles. The molecule has 0 atom stereocenters. The Kier molecular flexibility index (Phi) is 5.23. The number of esters is 1. The summed E-state index contributed by atoms with van der Waals surface area (Å²) in [6.07, 6.45) is 1.61. The van der Waals surface area contributed by atoms with E-state index < -0.39 is 10.9 Å². The van der Waals surface area contributed by atoms with Gasteiger partial charge in [0.2, 0.25) is 5.88 Å². The molecule has 0 unspecified atom stereocenters. The maximum absolute atomic E-state index is 12.2. The van der Waals surface area contributed by atoms with Gasteiger partial charge in [-0.05, 0) is 58.4 Å². The van der Waals surface area contributed by atoms with Crippen LogP contribution in [0.5, 0.6) is 17.4 Å². The number of nitro benzene ring substituents is 1. The van der Waals surface area contributed by atoms with E-state index in [2.05, 4.69) is 20.9 Å². The van der Waals surface area contributed by atoms with Crippen molar-refractivity contribution in [1.82, 2.24) is 4.98 Å². The molecule has 2 aromatic carbocycles. The first kappa shape index (κ1) is 17.6. The Balaban J connectivity index is 1.70. The third kappa shape index (κ3) is 4.22. The van der Waals surface area contributed by atoms with E-state index >= 15 is 0 Å². The first-order chi connectivity index (χ1) is 12.5. The quantitative estimate of drug-likeness (QED) is 0.258. The van der Waals surface area contributed by atoms with Crippen molar-refractivity contribution in [2.45, 2.75) is 0 Å². The third-order valence-corrected chi connectivity index (χ3v) is 3.94. The van der Waals surface area contributed by atoms with Crippen LogP contribution in [0.4, 0.5) is 5.69 Å². The second-order valence-electron chi connectivity index (χ2n) is 5.05. The van der Waals surface area contributed by atoms with Gasteiger partial charge in [0.25, 0.3) is 5.69 Å². The number of rotatable bonds is 5. The summed E-state index contributed by atoms with van der Waals surface area (Å²) in [5.41, 5.74) is -0.132. The van der Waals surface area contributed by atoms with Crippen molar-refractivity contribution in [2.24, 2.45) is 0 Å². The van der Waals surface area contributed by atoms with E-state index in [1.165, 1.54) is 12.1 Å². The average Bonchev–Trinajstić information content (AvgIpc) is 2.64. The largest absolute Gasteiger partial charge is 0.439 e. The van der Waals surface area contributed by atoms with Crippen molar-refractivity contribution in [1.29, 1.82) is 0 Å². The van der Waals surface area contributed by atoms with Gasteiger partial charge in [-0.3, -0.25) is 10.1 Å². The van der Waals surface area contributed by atoms with E-state index in [-0.39, 0.29) is 21.5 Å². The highest BCUT2D eigenvalue weighted by Crippen LogP contribution is 2.27. The van der Waals surface area contributed by atoms with Crippen molar-refractivity contribution in [3.63, 3.8) is 0 Å². The summed E-state index contributed by atoms with van der Waals surface area (Å²) in [6, 6.07) is 15.7. The molecule has 0 aliphatic heterocycles. The fourth-order valence-electron chi connectivity index (χ4n) is 2.05. The fraction of sp³-hybridized carbons (Fsp3) is 0. The predicted molar refractivity (Wildman–Crippen MR) is 96.5 cm³/mol. The molecular formula is C18H11BrN2O5. The monoisotopic (exact) mass is 414 g/mol. The summed E-state index contributed by atoms with van der Waals surface area (Å²) >= 11 is 3.07. The highest BCUT2D eigenvalue weighted by atomic mass is 79.9. The van der Waals surface area contributed by atoms with E-state index in [1.54, 1.807) is 48.7 Å². The Hall–Kier alpha value is -3.26. The molecule has 0 aliphatic rings. The average molecular weight is 415 g/mol. The van der Waals surface area contributed by atoms with Crippen molar-refractivity contribution in [2.75, 3.05) is 0 Å². The van der Waals surface area contributed by atoms with Gasteiger partial charge < -0.3 is 9.47 Å². The minimum Gasteiger partial charge on any atom is -0.439 e. The van der Waals surface area contributed by atoms with Crippen LogP contribution in [-0.2, 0) is 0 Å². The zero-order chi connectivity index (χ0) is 18.5. The Morgan fingerprint density at radius 2 is 1.77 bits per heavy atom. The number of nitrogens with zero attached hydrogens (tertiary/aromatic N) is 2. The van der Waals surface area contributed by atoms with Gasteiger partial charge in [0.05, 0.1) is 15.0 Å². The van der Waals surface area contributed by atoms with Gasteiger partial charge in [-0.2, -0.15) is 0 Å². The van der Waals surface area contributed by atoms with Crippen LogP contribution in [0.25, 0.3) is 0 Å². The van der Waals surface area contributed by atoms with E-state index in [1.807, 2.05) is 0 Å². The van der Waals surface area contributed by atoms with Crippen LogP contribution in [0, 0.1) is 10.1 Å². The number of hydrogen-bond donors (Lipinski definition) is 0. The Bertz CT molecular complexity index is 946. The van der Waals surface area contributed by atoms with Crippen molar-refractivity contribution in [3.05, 3.63) is 87.0 Å². The molecule has 0 fully saturated rings. The van der Waals surface area contributed by atoms with Crippen LogP contribution >= 0.6 is 15.9 Å². The normalized spacial score (nSPS) is 10.2. The van der Waals surface area contributed by atoms with Crippen LogP contribution in [-0.4, -0.2) is 15.9 Å². The zero-order valence-corrected chi connectivity index (χ0v) is 14.8. The highest BCUT2D eigenvalue weighted by molar-refractivity contribution is 9.10. The van der Waals surface area contributed by atoms with Crippen molar-refractivity contribution in [3.8, 4) is 17.4 Å². The van der Waals surface area contributed by atoms with E-state index in [0.29, 0.717) is 11.6 Å². The molecule has 8 heteroatoms. The predicted octanol–water partition coefficient (Wildman–Crippen LogP) is 4.76. The number of benzene rings is 2. The van der Waals surface area contributed by atoms with Gasteiger partial charge in [0.15, 0.2) is 0 Å². The van der Waals surface area contributed by atoms with Crippen molar-refractivity contribution < 1.29 is 19.2 Å². The minimum absolute atomic E-state index is 0.0775. The maximum atomic E-state index is 12.2. The fourth-order valence-corrected chi connectivity index (χ4v) is 2.44. The lowest BCUT2D eigenvalue weighted by Gasteiger charge is -2.07. The second kappa shape index (κ2) is 7.75. The maximum Gasteiger partial charge on any atom is 0.343 e. The van der Waals surface area contributed by atoms with Crippen LogP contribution in [0.15, 0.2) is 71.3 Å². The van der Waals surface area contributed by atoms with Gasteiger partial charge in [-0.15, -0.1) is 0 Å². The lowest BCUT2D eigenvalue weighted by Crippen LogP contribution is -2.09. The first-order valence-electron chi connectivity index (χ1n) is 7.38. The van der Waals surface area contributed by atoms with E-state index in [9.17, 15) is 14.9 Å². The molecule has 0 saturated heterocycles. The van der Waals surface area contributed by atoms with Crippen LogP contribution in [0.2, 0.25) is 0 Å². The summed E-state index contributed by atoms with van der Waals surface area (Å²) in [5.74, 6) is 0.565.